The molecule has 0 unspecified atom stereocenters. The highest BCUT2D eigenvalue weighted by Gasteiger charge is 2.09. The van der Waals surface area contributed by atoms with E-state index in [-0.39, 0.29) is 5.88 Å². The van der Waals surface area contributed by atoms with E-state index in [0.29, 0.717) is 16.4 Å². The molecule has 0 spiro atoms. The van der Waals surface area contributed by atoms with Crippen LogP contribution in [0.4, 0.5) is 0 Å². The summed E-state index contributed by atoms with van der Waals surface area (Å²) in [7, 11) is 0. The first-order valence-electron chi connectivity index (χ1n) is 6.60. The minimum atomic E-state index is -1.08. The molecule has 0 aliphatic rings. The van der Waals surface area contributed by atoms with Gasteiger partial charge in [-0.2, -0.15) is 5.10 Å². The molecule has 0 radical (unpaired) electrons. The first-order chi connectivity index (χ1) is 11.1. The van der Waals surface area contributed by atoms with E-state index in [1.807, 2.05) is 6.07 Å². The molecule has 0 aliphatic heterocycles. The molecular weight excluding hydrogens is 320 g/mol. The normalized spacial score (nSPS) is 10.5. The van der Waals surface area contributed by atoms with Crippen molar-refractivity contribution in [3.05, 3.63) is 54.1 Å². The van der Waals surface area contributed by atoms with Crippen LogP contribution in [0, 0.1) is 0 Å². The lowest BCUT2D eigenvalue weighted by atomic mass is 10.1. The minimum Gasteiger partial charge on any atom is -0.479 e. The van der Waals surface area contributed by atoms with E-state index in [1.54, 1.807) is 41.5 Å². The van der Waals surface area contributed by atoms with Gasteiger partial charge < -0.3 is 9.84 Å². The second-order valence-electron chi connectivity index (χ2n) is 4.54. The number of nitrogens with zero attached hydrogens (tertiary/aromatic N) is 4. The van der Waals surface area contributed by atoms with Crippen LogP contribution in [0.3, 0.4) is 0 Å². The maximum Gasteiger partial charge on any atom is 0.341 e. The highest BCUT2D eigenvalue weighted by molar-refractivity contribution is 6.33. The molecule has 0 bridgehead atoms. The smallest absolute Gasteiger partial charge is 0.341 e. The van der Waals surface area contributed by atoms with Gasteiger partial charge >= 0.3 is 5.97 Å². The molecule has 0 aromatic carbocycles. The Morgan fingerprint density at radius 3 is 2.83 bits per heavy atom. The first kappa shape index (κ1) is 15.0. The fourth-order valence-corrected chi connectivity index (χ4v) is 2.15. The fourth-order valence-electron chi connectivity index (χ4n) is 1.94. The van der Waals surface area contributed by atoms with Gasteiger partial charge in [0.15, 0.2) is 12.4 Å². The average Bonchev–Trinajstić information content (AvgIpc) is 3.09. The van der Waals surface area contributed by atoms with Crippen LogP contribution < -0.4 is 4.74 Å². The molecule has 23 heavy (non-hydrogen) atoms. The standard InChI is InChI=1S/C15H11ClN4O3/c16-12-8-18-14(23-9-15(21)22)6-11(12)10-2-3-13(17-7-10)20-5-1-4-19-20/h1-8H,9H2,(H,21,22). The van der Waals surface area contributed by atoms with Crippen LogP contribution in [0.25, 0.3) is 16.9 Å². The van der Waals surface area contributed by atoms with Crippen molar-refractivity contribution < 1.29 is 14.6 Å². The zero-order valence-electron chi connectivity index (χ0n) is 11.8. The van der Waals surface area contributed by atoms with E-state index in [4.69, 9.17) is 21.4 Å². The van der Waals surface area contributed by atoms with Crippen LogP contribution in [0.2, 0.25) is 5.02 Å². The second kappa shape index (κ2) is 6.45. The van der Waals surface area contributed by atoms with Crippen LogP contribution in [0.15, 0.2) is 49.1 Å². The Morgan fingerprint density at radius 2 is 2.17 bits per heavy atom. The first-order valence-corrected chi connectivity index (χ1v) is 6.98. The van der Waals surface area contributed by atoms with Crippen LogP contribution in [0.5, 0.6) is 5.88 Å². The molecule has 0 amide bonds. The molecule has 1 N–H and O–H groups in total. The van der Waals surface area contributed by atoms with Crippen molar-refractivity contribution in [2.45, 2.75) is 0 Å². The van der Waals surface area contributed by atoms with Gasteiger partial charge in [-0.15, -0.1) is 0 Å². The summed E-state index contributed by atoms with van der Waals surface area (Å²) < 4.78 is 6.70. The van der Waals surface area contributed by atoms with E-state index in [9.17, 15) is 4.79 Å². The van der Waals surface area contributed by atoms with Gasteiger partial charge in [-0.3, -0.25) is 0 Å². The van der Waals surface area contributed by atoms with Gasteiger partial charge in [0.1, 0.15) is 0 Å². The summed E-state index contributed by atoms with van der Waals surface area (Å²) in [6, 6.07) is 7.03. The zero-order valence-corrected chi connectivity index (χ0v) is 12.5. The molecule has 0 fully saturated rings. The highest BCUT2D eigenvalue weighted by atomic mass is 35.5. The van der Waals surface area contributed by atoms with E-state index in [1.165, 1.54) is 6.20 Å². The molecular formula is C15H11ClN4O3. The van der Waals surface area contributed by atoms with Crippen LogP contribution in [0.1, 0.15) is 0 Å². The zero-order chi connectivity index (χ0) is 16.2. The lowest BCUT2D eigenvalue weighted by Crippen LogP contribution is -2.10. The number of carboxylic acid groups (broad SMARTS) is 1. The number of halogens is 1. The van der Waals surface area contributed by atoms with Crippen molar-refractivity contribution >= 4 is 17.6 Å². The summed E-state index contributed by atoms with van der Waals surface area (Å²) >= 11 is 6.15. The number of rotatable bonds is 5. The van der Waals surface area contributed by atoms with Gasteiger partial charge in [0.2, 0.25) is 5.88 Å². The Kier molecular flexibility index (Phi) is 4.20. The van der Waals surface area contributed by atoms with Gasteiger partial charge in [-0.05, 0) is 18.2 Å². The third kappa shape index (κ3) is 3.46. The van der Waals surface area contributed by atoms with Gasteiger partial charge in [0, 0.05) is 35.8 Å². The Hall–Kier alpha value is -2.93. The minimum absolute atomic E-state index is 0.183. The number of pyridine rings is 2. The van der Waals surface area contributed by atoms with Crippen LogP contribution >= 0.6 is 11.6 Å². The molecule has 116 valence electrons. The average molecular weight is 331 g/mol. The number of aliphatic carboxylic acids is 1. The lowest BCUT2D eigenvalue weighted by molar-refractivity contribution is -0.139. The number of aromatic nitrogens is 4. The number of carboxylic acids is 1. The molecule has 0 saturated carbocycles. The number of hydrogen-bond donors (Lipinski definition) is 1. The highest BCUT2D eigenvalue weighted by Crippen LogP contribution is 2.29. The van der Waals surface area contributed by atoms with Crippen molar-refractivity contribution in [1.29, 1.82) is 0 Å². The molecule has 7 nitrogen and oxygen atoms in total. The summed E-state index contributed by atoms with van der Waals surface area (Å²) in [6.45, 7) is -0.468. The Labute approximate surface area is 136 Å². The van der Waals surface area contributed by atoms with Gasteiger partial charge in [0.05, 0.1) is 11.2 Å². The van der Waals surface area contributed by atoms with Crippen LogP contribution in [-0.2, 0) is 4.79 Å². The van der Waals surface area contributed by atoms with Gasteiger partial charge in [-0.25, -0.2) is 19.4 Å². The summed E-state index contributed by atoms with van der Waals surface area (Å²) in [5, 5.41) is 13.2. The van der Waals surface area contributed by atoms with E-state index in [2.05, 4.69) is 15.1 Å². The van der Waals surface area contributed by atoms with Crippen molar-refractivity contribution in [2.24, 2.45) is 0 Å². The predicted molar refractivity (Wildman–Crippen MR) is 82.7 cm³/mol. The second-order valence-corrected chi connectivity index (χ2v) is 4.95. The molecule has 3 rings (SSSR count). The summed E-state index contributed by atoms with van der Waals surface area (Å²) in [5.74, 6) is -0.220. The Bertz CT molecular complexity index is 819. The van der Waals surface area contributed by atoms with E-state index >= 15 is 0 Å². The number of carbonyl (C=O) groups is 1. The summed E-state index contributed by atoms with van der Waals surface area (Å²) in [6.07, 6.45) is 6.52. The molecule has 0 aliphatic carbocycles. The largest absolute Gasteiger partial charge is 0.479 e. The molecule has 8 heteroatoms. The van der Waals surface area contributed by atoms with Gasteiger partial charge in [-0.1, -0.05) is 11.6 Å². The molecule has 0 atom stereocenters. The summed E-state index contributed by atoms with van der Waals surface area (Å²) in [4.78, 5) is 18.8. The third-order valence-electron chi connectivity index (χ3n) is 2.97. The van der Waals surface area contributed by atoms with Crippen molar-refractivity contribution in [3.63, 3.8) is 0 Å². The quantitative estimate of drug-likeness (QED) is 0.772. The maximum atomic E-state index is 10.5. The predicted octanol–water partition coefficient (Wildman–Crippen LogP) is 2.45. The third-order valence-corrected chi connectivity index (χ3v) is 3.27. The maximum absolute atomic E-state index is 10.5. The molecule has 3 aromatic heterocycles. The lowest BCUT2D eigenvalue weighted by Gasteiger charge is -2.08. The topological polar surface area (TPSA) is 90.1 Å². The SMILES string of the molecule is O=C(O)COc1cc(-c2ccc(-n3cccn3)nc2)c(Cl)cn1. The molecule has 3 aromatic rings. The van der Waals surface area contributed by atoms with Crippen molar-refractivity contribution in [3.8, 4) is 22.8 Å². The summed E-state index contributed by atoms with van der Waals surface area (Å²) in [5.41, 5.74) is 1.41. The Morgan fingerprint density at radius 1 is 1.30 bits per heavy atom. The van der Waals surface area contributed by atoms with E-state index < -0.39 is 12.6 Å². The van der Waals surface area contributed by atoms with Gasteiger partial charge in [0.25, 0.3) is 0 Å². The Balaban J connectivity index is 1.88. The fraction of sp³-hybridized carbons (Fsp3) is 0.0667. The van der Waals surface area contributed by atoms with Crippen LogP contribution in [-0.4, -0.2) is 37.4 Å². The van der Waals surface area contributed by atoms with E-state index in [0.717, 1.165) is 5.56 Å². The molecule has 0 saturated heterocycles. The van der Waals surface area contributed by atoms with Crippen molar-refractivity contribution in [1.82, 2.24) is 19.7 Å². The molecule has 3 heterocycles. The number of hydrogen-bond acceptors (Lipinski definition) is 5. The number of ether oxygens (including phenoxy) is 1. The monoisotopic (exact) mass is 330 g/mol. The van der Waals surface area contributed by atoms with Crippen molar-refractivity contribution in [2.75, 3.05) is 6.61 Å².